The first-order valence-electron chi connectivity index (χ1n) is 8.53. The number of rotatable bonds is 6. The molecule has 0 fully saturated rings. The van der Waals surface area contributed by atoms with Gasteiger partial charge in [-0.3, -0.25) is 14.8 Å². The molecule has 0 spiro atoms. The zero-order valence-corrected chi connectivity index (χ0v) is 14.5. The number of pyridine rings is 2. The minimum Gasteiger partial charge on any atom is -0.454 e. The van der Waals surface area contributed by atoms with E-state index in [0.29, 0.717) is 24.4 Å². The Bertz CT molecular complexity index is 947. The molecule has 136 valence electrons. The van der Waals surface area contributed by atoms with E-state index in [1.807, 2.05) is 36.4 Å². The van der Waals surface area contributed by atoms with Gasteiger partial charge in [-0.05, 0) is 35.9 Å². The Kier molecular flexibility index (Phi) is 4.82. The number of benzene rings is 1. The summed E-state index contributed by atoms with van der Waals surface area (Å²) in [6.07, 6.45) is 4.97. The van der Waals surface area contributed by atoms with Crippen LogP contribution in [0.25, 0.3) is 0 Å². The molecule has 0 bridgehead atoms. The molecule has 4 rings (SSSR count). The van der Waals surface area contributed by atoms with Gasteiger partial charge >= 0.3 is 0 Å². The maximum Gasteiger partial charge on any atom is 0.253 e. The van der Waals surface area contributed by atoms with Gasteiger partial charge in [-0.25, -0.2) is 0 Å². The second-order valence-corrected chi connectivity index (χ2v) is 6.01. The first kappa shape index (κ1) is 16.8. The number of hydrogen-bond acceptors (Lipinski definition) is 6. The van der Waals surface area contributed by atoms with E-state index in [4.69, 9.17) is 9.47 Å². The van der Waals surface area contributed by atoms with Gasteiger partial charge < -0.3 is 20.1 Å². The number of amides is 1. The third-order valence-electron chi connectivity index (χ3n) is 4.09. The van der Waals surface area contributed by atoms with Crippen molar-refractivity contribution in [1.29, 1.82) is 0 Å². The molecule has 1 aliphatic heterocycles. The first-order valence-corrected chi connectivity index (χ1v) is 8.53. The number of nitrogens with one attached hydrogen (secondary N) is 2. The summed E-state index contributed by atoms with van der Waals surface area (Å²) in [7, 11) is 0. The fourth-order valence-corrected chi connectivity index (χ4v) is 2.69. The van der Waals surface area contributed by atoms with E-state index in [9.17, 15) is 4.79 Å². The summed E-state index contributed by atoms with van der Waals surface area (Å²) < 4.78 is 10.6. The first-order chi connectivity index (χ1) is 13.3. The lowest BCUT2D eigenvalue weighted by Gasteiger charge is -2.09. The van der Waals surface area contributed by atoms with Crippen LogP contribution >= 0.6 is 0 Å². The van der Waals surface area contributed by atoms with Crippen molar-refractivity contribution in [1.82, 2.24) is 15.3 Å². The van der Waals surface area contributed by atoms with E-state index in [-0.39, 0.29) is 12.7 Å². The minimum absolute atomic E-state index is 0.193. The Morgan fingerprint density at radius 2 is 1.96 bits per heavy atom. The van der Waals surface area contributed by atoms with Crippen LogP contribution in [0.1, 0.15) is 21.6 Å². The Labute approximate surface area is 156 Å². The van der Waals surface area contributed by atoms with E-state index in [1.54, 1.807) is 24.7 Å². The summed E-state index contributed by atoms with van der Waals surface area (Å²) in [4.78, 5) is 20.8. The van der Waals surface area contributed by atoms with Crippen LogP contribution in [0, 0.1) is 0 Å². The van der Waals surface area contributed by atoms with Gasteiger partial charge in [-0.15, -0.1) is 0 Å². The van der Waals surface area contributed by atoms with Crippen LogP contribution in [0.2, 0.25) is 0 Å². The van der Waals surface area contributed by atoms with E-state index in [0.717, 1.165) is 22.7 Å². The standard InChI is InChI=1S/C20H18N4O3/c25-20(24-9-14-4-5-18-19(7-14)27-13-26-18)15-8-17(11-21-10-15)23-12-16-3-1-2-6-22-16/h1-8,10-11,23H,9,12-13H2,(H,24,25). The smallest absolute Gasteiger partial charge is 0.253 e. The highest BCUT2D eigenvalue weighted by atomic mass is 16.7. The van der Waals surface area contributed by atoms with Crippen LogP contribution in [-0.2, 0) is 13.1 Å². The van der Waals surface area contributed by atoms with E-state index in [1.165, 1.54) is 0 Å². The molecular formula is C20H18N4O3. The van der Waals surface area contributed by atoms with Gasteiger partial charge in [0.2, 0.25) is 6.79 Å². The second kappa shape index (κ2) is 7.74. The Morgan fingerprint density at radius 3 is 2.85 bits per heavy atom. The lowest BCUT2D eigenvalue weighted by Crippen LogP contribution is -2.23. The van der Waals surface area contributed by atoms with Crippen molar-refractivity contribution in [2.75, 3.05) is 12.1 Å². The molecule has 1 aliphatic rings. The molecule has 0 saturated heterocycles. The van der Waals surface area contributed by atoms with Gasteiger partial charge in [0, 0.05) is 25.1 Å². The van der Waals surface area contributed by atoms with E-state index >= 15 is 0 Å². The molecule has 7 heteroatoms. The lowest BCUT2D eigenvalue weighted by molar-refractivity contribution is 0.0950. The number of carbonyl (C=O) groups is 1. The van der Waals surface area contributed by atoms with Crippen LogP contribution in [0.3, 0.4) is 0 Å². The molecular weight excluding hydrogens is 344 g/mol. The summed E-state index contributed by atoms with van der Waals surface area (Å²) in [6.45, 7) is 1.18. The van der Waals surface area contributed by atoms with Gasteiger partial charge in [-0.2, -0.15) is 0 Å². The number of aromatic nitrogens is 2. The molecule has 0 saturated carbocycles. The molecule has 7 nitrogen and oxygen atoms in total. The molecule has 3 aromatic rings. The Morgan fingerprint density at radius 1 is 1.04 bits per heavy atom. The van der Waals surface area contributed by atoms with Crippen LogP contribution in [0.15, 0.2) is 61.1 Å². The fourth-order valence-electron chi connectivity index (χ4n) is 2.69. The Balaban J connectivity index is 1.36. The van der Waals surface area contributed by atoms with Crippen LogP contribution in [-0.4, -0.2) is 22.7 Å². The normalized spacial score (nSPS) is 11.9. The predicted molar refractivity (Wildman–Crippen MR) is 99.5 cm³/mol. The lowest BCUT2D eigenvalue weighted by atomic mass is 10.2. The highest BCUT2D eigenvalue weighted by Gasteiger charge is 2.14. The molecule has 0 aliphatic carbocycles. The third-order valence-corrected chi connectivity index (χ3v) is 4.09. The van der Waals surface area contributed by atoms with Crippen molar-refractivity contribution in [2.45, 2.75) is 13.1 Å². The molecule has 27 heavy (non-hydrogen) atoms. The molecule has 0 atom stereocenters. The average molecular weight is 362 g/mol. The van der Waals surface area contributed by atoms with E-state index in [2.05, 4.69) is 20.6 Å². The SMILES string of the molecule is O=C(NCc1ccc2c(c1)OCO2)c1cncc(NCc2ccccn2)c1. The quantitative estimate of drug-likeness (QED) is 0.701. The van der Waals surface area contributed by atoms with Gasteiger partial charge in [0.15, 0.2) is 11.5 Å². The van der Waals surface area contributed by atoms with Crippen molar-refractivity contribution in [3.8, 4) is 11.5 Å². The Hall–Kier alpha value is -3.61. The topological polar surface area (TPSA) is 85.4 Å². The molecule has 2 aromatic heterocycles. The van der Waals surface area contributed by atoms with Crippen molar-refractivity contribution in [3.05, 3.63) is 77.9 Å². The number of nitrogens with zero attached hydrogens (tertiary/aromatic N) is 2. The summed E-state index contributed by atoms with van der Waals surface area (Å²) in [5, 5.41) is 6.11. The maximum atomic E-state index is 12.4. The van der Waals surface area contributed by atoms with Crippen LogP contribution < -0.4 is 20.1 Å². The highest BCUT2D eigenvalue weighted by Crippen LogP contribution is 2.32. The third kappa shape index (κ3) is 4.14. The summed E-state index contributed by atoms with van der Waals surface area (Å²) in [5.41, 5.74) is 3.10. The van der Waals surface area contributed by atoms with Gasteiger partial charge in [0.05, 0.1) is 23.5 Å². The fraction of sp³-hybridized carbons (Fsp3) is 0.150. The molecule has 2 N–H and O–H groups in total. The number of ether oxygens (including phenoxy) is 2. The number of carbonyl (C=O) groups excluding carboxylic acids is 1. The monoisotopic (exact) mass is 362 g/mol. The van der Waals surface area contributed by atoms with Crippen molar-refractivity contribution >= 4 is 11.6 Å². The van der Waals surface area contributed by atoms with Gasteiger partial charge in [0.1, 0.15) is 0 Å². The van der Waals surface area contributed by atoms with Crippen molar-refractivity contribution < 1.29 is 14.3 Å². The summed E-state index contributed by atoms with van der Waals surface area (Å²) >= 11 is 0. The highest BCUT2D eigenvalue weighted by molar-refractivity contribution is 5.94. The largest absolute Gasteiger partial charge is 0.454 e. The van der Waals surface area contributed by atoms with Crippen molar-refractivity contribution in [3.63, 3.8) is 0 Å². The molecule has 0 radical (unpaired) electrons. The van der Waals surface area contributed by atoms with Crippen LogP contribution in [0.5, 0.6) is 11.5 Å². The second-order valence-electron chi connectivity index (χ2n) is 6.01. The zero-order chi connectivity index (χ0) is 18.5. The summed E-state index contributed by atoms with van der Waals surface area (Å²) in [6, 6.07) is 13.1. The van der Waals surface area contributed by atoms with Crippen molar-refractivity contribution in [2.24, 2.45) is 0 Å². The maximum absolute atomic E-state index is 12.4. The number of fused-ring (bicyclic) bond motifs is 1. The average Bonchev–Trinajstić information content (AvgIpc) is 3.19. The minimum atomic E-state index is -0.193. The zero-order valence-electron chi connectivity index (χ0n) is 14.5. The van der Waals surface area contributed by atoms with Gasteiger partial charge in [-0.1, -0.05) is 12.1 Å². The van der Waals surface area contributed by atoms with Crippen LogP contribution in [0.4, 0.5) is 5.69 Å². The van der Waals surface area contributed by atoms with E-state index < -0.39 is 0 Å². The molecule has 3 heterocycles. The number of hydrogen-bond donors (Lipinski definition) is 2. The van der Waals surface area contributed by atoms with Gasteiger partial charge in [0.25, 0.3) is 5.91 Å². The molecule has 0 unspecified atom stereocenters. The summed E-state index contributed by atoms with van der Waals surface area (Å²) in [5.74, 6) is 1.23. The predicted octanol–water partition coefficient (Wildman–Crippen LogP) is 2.75. The molecule has 1 amide bonds. The number of anilines is 1. The molecule has 1 aromatic carbocycles.